The highest BCUT2D eigenvalue weighted by Crippen LogP contribution is 2.28. The van der Waals surface area contributed by atoms with Gasteiger partial charge in [0.1, 0.15) is 11.7 Å². The van der Waals surface area contributed by atoms with Crippen molar-refractivity contribution in [1.82, 2.24) is 5.43 Å². The van der Waals surface area contributed by atoms with Crippen molar-refractivity contribution < 1.29 is 4.39 Å². The molecule has 0 aliphatic carbocycles. The first-order valence-electron chi connectivity index (χ1n) is 6.32. The van der Waals surface area contributed by atoms with E-state index < -0.39 is 0 Å². The average molecular weight is 303 g/mol. The highest BCUT2D eigenvalue weighted by atomic mass is 35.5. The summed E-state index contributed by atoms with van der Waals surface area (Å²) in [6.07, 6.45) is 0. The molecule has 2 aromatic rings. The maximum Gasteiger partial charge on any atom is 0.138 e. The fourth-order valence-electron chi connectivity index (χ4n) is 2.18. The number of nitrogens with two attached hydrogens (primary N) is 1. The molecule has 0 saturated heterocycles. The Morgan fingerprint density at radius 2 is 1.95 bits per heavy atom. The minimum atomic E-state index is -0.354. The molecular weight excluding hydrogens is 291 g/mol. The van der Waals surface area contributed by atoms with Crippen molar-refractivity contribution >= 4 is 28.8 Å². The van der Waals surface area contributed by atoms with E-state index >= 15 is 0 Å². The van der Waals surface area contributed by atoms with Gasteiger partial charge in [0.2, 0.25) is 0 Å². The van der Waals surface area contributed by atoms with Crippen LogP contribution in [0, 0.1) is 5.82 Å². The molecule has 0 unspecified atom stereocenters. The zero-order valence-electron chi connectivity index (χ0n) is 11.0. The molecule has 1 heterocycles. The minimum Gasteiger partial charge on any atom is -0.310 e. The molecule has 3 N–H and O–H groups in total. The van der Waals surface area contributed by atoms with E-state index in [2.05, 4.69) is 15.4 Å². The van der Waals surface area contributed by atoms with Gasteiger partial charge in [-0.05, 0) is 24.3 Å². The Kier molecular flexibility index (Phi) is 3.68. The maximum atomic E-state index is 13.6. The van der Waals surface area contributed by atoms with Crippen LogP contribution >= 0.6 is 11.6 Å². The van der Waals surface area contributed by atoms with Crippen LogP contribution < -0.4 is 11.3 Å². The van der Waals surface area contributed by atoms with Gasteiger partial charge in [-0.15, -0.1) is 0 Å². The number of nitrogens with one attached hydrogen (secondary N) is 1. The van der Waals surface area contributed by atoms with E-state index in [0.29, 0.717) is 27.8 Å². The van der Waals surface area contributed by atoms with Crippen LogP contribution in [0.1, 0.15) is 11.1 Å². The summed E-state index contributed by atoms with van der Waals surface area (Å²) in [5.74, 6) is 5.57. The zero-order chi connectivity index (χ0) is 14.8. The van der Waals surface area contributed by atoms with Crippen molar-refractivity contribution in [1.29, 1.82) is 0 Å². The summed E-state index contributed by atoms with van der Waals surface area (Å²) in [6, 6.07) is 11.7. The average Bonchev–Trinajstić information content (AvgIpc) is 2.67. The van der Waals surface area contributed by atoms with E-state index in [1.165, 1.54) is 12.1 Å². The minimum absolute atomic E-state index is 0.271. The molecule has 1 aliphatic rings. The highest BCUT2D eigenvalue weighted by Gasteiger charge is 2.18. The molecule has 0 atom stereocenters. The van der Waals surface area contributed by atoms with Crippen LogP contribution in [-0.2, 0) is 0 Å². The Balaban J connectivity index is 2.22. The van der Waals surface area contributed by atoms with Crippen molar-refractivity contribution in [2.45, 2.75) is 0 Å². The number of benzene rings is 2. The molecule has 0 radical (unpaired) electrons. The van der Waals surface area contributed by atoms with Gasteiger partial charge >= 0.3 is 0 Å². The molecule has 0 aromatic heterocycles. The first kappa shape index (κ1) is 13.7. The van der Waals surface area contributed by atoms with Gasteiger partial charge in [-0.1, -0.05) is 29.8 Å². The van der Waals surface area contributed by atoms with Crippen molar-refractivity contribution in [2.75, 3.05) is 6.54 Å². The fraction of sp³-hybridized carbons (Fsp3) is 0.0667. The predicted octanol–water partition coefficient (Wildman–Crippen LogP) is 2.82. The third-order valence-corrected chi connectivity index (χ3v) is 3.48. The third-order valence-electron chi connectivity index (χ3n) is 3.15. The number of hydrogen-bond acceptors (Lipinski definition) is 4. The second-order valence-electron chi connectivity index (χ2n) is 4.51. The number of fused-ring (bicyclic) bond motifs is 1. The molecule has 0 amide bonds. The maximum absolute atomic E-state index is 13.6. The normalized spacial score (nSPS) is 13.9. The molecule has 4 nitrogen and oxygen atoms in total. The first-order chi connectivity index (χ1) is 10.2. The van der Waals surface area contributed by atoms with Crippen LogP contribution in [0.25, 0.3) is 0 Å². The van der Waals surface area contributed by atoms with Crippen LogP contribution in [0.3, 0.4) is 0 Å². The standard InChI is InChI=1S/C15H12ClFN4/c16-12-4-2-1-3-10(12)15-11-7-9(17)5-6-13(11)20-14(21-18)8-19-15/h1-7H,8,18H2,(H,20,21). The molecule has 1 aliphatic heterocycles. The van der Waals surface area contributed by atoms with Crippen LogP contribution in [0.5, 0.6) is 0 Å². The topological polar surface area (TPSA) is 62.8 Å². The number of halogens is 2. The molecule has 6 heteroatoms. The van der Waals surface area contributed by atoms with Gasteiger partial charge in [0, 0.05) is 16.1 Å². The number of amidine groups is 1. The van der Waals surface area contributed by atoms with Gasteiger partial charge in [0.25, 0.3) is 0 Å². The summed E-state index contributed by atoms with van der Waals surface area (Å²) in [7, 11) is 0. The summed E-state index contributed by atoms with van der Waals surface area (Å²) >= 11 is 6.24. The second-order valence-corrected chi connectivity index (χ2v) is 4.92. The van der Waals surface area contributed by atoms with Gasteiger partial charge in [0.05, 0.1) is 17.9 Å². The number of nitrogens with zero attached hydrogens (tertiary/aromatic N) is 2. The quantitative estimate of drug-likeness (QED) is 0.628. The summed E-state index contributed by atoms with van der Waals surface area (Å²) in [5.41, 5.74) is 5.03. The molecule has 3 rings (SSSR count). The summed E-state index contributed by atoms with van der Waals surface area (Å²) in [5, 5.41) is 0.551. The van der Waals surface area contributed by atoms with E-state index in [1.807, 2.05) is 18.2 Å². The van der Waals surface area contributed by atoms with E-state index in [0.717, 1.165) is 5.56 Å². The molecule has 0 saturated carbocycles. The lowest BCUT2D eigenvalue weighted by Crippen LogP contribution is -2.32. The third kappa shape index (κ3) is 2.66. The van der Waals surface area contributed by atoms with Gasteiger partial charge in [-0.25, -0.2) is 15.2 Å². The van der Waals surface area contributed by atoms with E-state index in [4.69, 9.17) is 17.4 Å². The Morgan fingerprint density at radius 3 is 2.71 bits per heavy atom. The Hall–Kier alpha value is -2.24. The van der Waals surface area contributed by atoms with E-state index in [-0.39, 0.29) is 12.4 Å². The van der Waals surface area contributed by atoms with Gasteiger partial charge in [0.15, 0.2) is 0 Å². The Labute approximate surface area is 126 Å². The largest absolute Gasteiger partial charge is 0.310 e. The summed E-state index contributed by atoms with van der Waals surface area (Å²) in [6.45, 7) is 0.271. The van der Waals surface area contributed by atoms with E-state index in [1.54, 1.807) is 12.1 Å². The molecule has 2 aromatic carbocycles. The monoisotopic (exact) mass is 302 g/mol. The number of hydrogen-bond donors (Lipinski definition) is 2. The molecule has 0 bridgehead atoms. The lowest BCUT2D eigenvalue weighted by atomic mass is 10.0. The van der Waals surface area contributed by atoms with Gasteiger partial charge < -0.3 is 5.43 Å². The molecule has 0 fully saturated rings. The first-order valence-corrected chi connectivity index (χ1v) is 6.70. The molecule has 106 valence electrons. The van der Waals surface area contributed by atoms with Crippen LogP contribution in [0.2, 0.25) is 5.02 Å². The van der Waals surface area contributed by atoms with Crippen molar-refractivity contribution in [3.05, 3.63) is 64.4 Å². The van der Waals surface area contributed by atoms with Gasteiger partial charge in [-0.2, -0.15) is 0 Å². The van der Waals surface area contributed by atoms with Crippen molar-refractivity contribution in [3.8, 4) is 0 Å². The Bertz CT molecular complexity index is 755. The van der Waals surface area contributed by atoms with E-state index in [9.17, 15) is 4.39 Å². The van der Waals surface area contributed by atoms with Crippen LogP contribution in [0.4, 0.5) is 10.1 Å². The predicted molar refractivity (Wildman–Crippen MR) is 82.8 cm³/mol. The van der Waals surface area contributed by atoms with Crippen molar-refractivity contribution in [2.24, 2.45) is 15.8 Å². The van der Waals surface area contributed by atoms with Crippen LogP contribution in [-0.4, -0.2) is 18.1 Å². The molecular formula is C15H12ClFN4. The number of aliphatic imine (C=N–C) groups is 2. The fourth-order valence-corrected chi connectivity index (χ4v) is 2.40. The molecule has 0 spiro atoms. The zero-order valence-corrected chi connectivity index (χ0v) is 11.7. The summed E-state index contributed by atoms with van der Waals surface area (Å²) in [4.78, 5) is 8.84. The van der Waals surface area contributed by atoms with Crippen molar-refractivity contribution in [3.63, 3.8) is 0 Å². The number of rotatable bonds is 1. The lowest BCUT2D eigenvalue weighted by Gasteiger charge is -2.10. The molecule has 21 heavy (non-hydrogen) atoms. The number of hydrazine groups is 1. The lowest BCUT2D eigenvalue weighted by molar-refractivity contribution is 0.627. The SMILES string of the molecule is NNC1=Nc2ccc(F)cc2C(c2ccccc2Cl)=NC1. The Morgan fingerprint density at radius 1 is 1.14 bits per heavy atom. The smallest absolute Gasteiger partial charge is 0.138 e. The van der Waals surface area contributed by atoms with Gasteiger partial charge in [-0.3, -0.25) is 4.99 Å². The summed E-state index contributed by atoms with van der Waals surface area (Å²) < 4.78 is 13.6. The highest BCUT2D eigenvalue weighted by molar-refractivity contribution is 6.36. The van der Waals surface area contributed by atoms with Crippen LogP contribution in [0.15, 0.2) is 52.4 Å². The second kappa shape index (κ2) is 5.63.